The molecule has 0 amide bonds. The standard InChI is InChI=1S/C14H26N4O/c1-5-11-6-7-18(9-11)12(8-15)13-10(2)16-17(3)14(13)19-4/h11-12H,5-9,15H2,1-4H3. The normalized spacial score (nSPS) is 21.8. The monoisotopic (exact) mass is 266 g/mol. The number of methoxy groups -OCH3 is 1. The van der Waals surface area contributed by atoms with Crippen LogP contribution in [0.4, 0.5) is 0 Å². The lowest BCUT2D eigenvalue weighted by atomic mass is 10.1. The Morgan fingerprint density at radius 3 is 2.79 bits per heavy atom. The van der Waals surface area contributed by atoms with Crippen LogP contribution in [0.5, 0.6) is 5.88 Å². The predicted octanol–water partition coefficient (Wildman–Crippen LogP) is 1.47. The van der Waals surface area contributed by atoms with Crippen LogP contribution in [0.25, 0.3) is 0 Å². The molecular weight excluding hydrogens is 240 g/mol. The fraction of sp³-hybridized carbons (Fsp3) is 0.786. The first-order chi connectivity index (χ1) is 9.12. The number of likely N-dealkylation sites (tertiary alicyclic amines) is 1. The van der Waals surface area contributed by atoms with Gasteiger partial charge in [-0.05, 0) is 25.8 Å². The second-order valence-electron chi connectivity index (χ2n) is 5.44. The van der Waals surface area contributed by atoms with Gasteiger partial charge < -0.3 is 10.5 Å². The van der Waals surface area contributed by atoms with Gasteiger partial charge in [-0.1, -0.05) is 13.3 Å². The second kappa shape index (κ2) is 5.92. The number of hydrogen-bond donors (Lipinski definition) is 1. The third-order valence-corrected chi connectivity index (χ3v) is 4.30. The predicted molar refractivity (Wildman–Crippen MR) is 76.3 cm³/mol. The van der Waals surface area contributed by atoms with Crippen LogP contribution in [-0.2, 0) is 7.05 Å². The first-order valence-electron chi connectivity index (χ1n) is 7.13. The van der Waals surface area contributed by atoms with E-state index in [1.54, 1.807) is 11.8 Å². The highest BCUT2D eigenvalue weighted by molar-refractivity contribution is 5.34. The Hall–Kier alpha value is -1.07. The molecule has 1 aromatic rings. The molecule has 1 saturated heterocycles. The lowest BCUT2D eigenvalue weighted by Gasteiger charge is -2.27. The van der Waals surface area contributed by atoms with Gasteiger partial charge in [-0.3, -0.25) is 4.90 Å². The Labute approximate surface area is 115 Å². The molecule has 2 unspecified atom stereocenters. The van der Waals surface area contributed by atoms with Crippen molar-refractivity contribution >= 4 is 0 Å². The van der Waals surface area contributed by atoms with Crippen molar-refractivity contribution in [2.24, 2.45) is 18.7 Å². The summed E-state index contributed by atoms with van der Waals surface area (Å²) in [6.45, 7) is 7.17. The minimum Gasteiger partial charge on any atom is -0.481 e. The zero-order valence-electron chi connectivity index (χ0n) is 12.5. The van der Waals surface area contributed by atoms with Crippen LogP contribution in [0.2, 0.25) is 0 Å². The molecule has 19 heavy (non-hydrogen) atoms. The van der Waals surface area contributed by atoms with Crippen LogP contribution in [0.1, 0.15) is 37.1 Å². The first-order valence-corrected chi connectivity index (χ1v) is 7.13. The van der Waals surface area contributed by atoms with E-state index in [-0.39, 0.29) is 6.04 Å². The average Bonchev–Trinajstić information content (AvgIpc) is 2.96. The first kappa shape index (κ1) is 14.3. The molecule has 2 N–H and O–H groups in total. The van der Waals surface area contributed by atoms with Gasteiger partial charge in [-0.25, -0.2) is 4.68 Å². The minimum atomic E-state index is 0.222. The molecule has 108 valence electrons. The van der Waals surface area contributed by atoms with E-state index in [1.807, 2.05) is 14.0 Å². The fourth-order valence-corrected chi connectivity index (χ4v) is 3.21. The summed E-state index contributed by atoms with van der Waals surface area (Å²) in [5.41, 5.74) is 8.22. The van der Waals surface area contributed by atoms with Gasteiger partial charge in [0.05, 0.1) is 24.4 Å². The van der Waals surface area contributed by atoms with E-state index >= 15 is 0 Å². The molecule has 0 bridgehead atoms. The lowest BCUT2D eigenvalue weighted by molar-refractivity contribution is 0.233. The van der Waals surface area contributed by atoms with Gasteiger partial charge in [0.15, 0.2) is 0 Å². The Balaban J connectivity index is 2.27. The van der Waals surface area contributed by atoms with Crippen LogP contribution in [0.15, 0.2) is 0 Å². The number of rotatable bonds is 5. The molecule has 0 aromatic carbocycles. The molecule has 0 aliphatic carbocycles. The van der Waals surface area contributed by atoms with Gasteiger partial charge in [-0.15, -0.1) is 0 Å². The van der Waals surface area contributed by atoms with Crippen LogP contribution in [0.3, 0.4) is 0 Å². The number of hydrogen-bond acceptors (Lipinski definition) is 4. The molecule has 1 fully saturated rings. The van der Waals surface area contributed by atoms with Crippen LogP contribution in [-0.4, -0.2) is 41.4 Å². The number of nitrogens with zero attached hydrogens (tertiary/aromatic N) is 3. The summed E-state index contributed by atoms with van der Waals surface area (Å²) in [6.07, 6.45) is 2.52. The summed E-state index contributed by atoms with van der Waals surface area (Å²) in [7, 11) is 3.62. The summed E-state index contributed by atoms with van der Waals surface area (Å²) in [5.74, 6) is 1.64. The molecule has 0 radical (unpaired) electrons. The van der Waals surface area contributed by atoms with E-state index in [1.165, 1.54) is 12.8 Å². The molecule has 0 saturated carbocycles. The molecule has 5 heteroatoms. The van der Waals surface area contributed by atoms with Gasteiger partial charge in [-0.2, -0.15) is 5.10 Å². The highest BCUT2D eigenvalue weighted by Crippen LogP contribution is 2.34. The topological polar surface area (TPSA) is 56.3 Å². The number of aromatic nitrogens is 2. The Kier molecular flexibility index (Phi) is 4.47. The summed E-state index contributed by atoms with van der Waals surface area (Å²) in [4.78, 5) is 2.49. The van der Waals surface area contributed by atoms with Gasteiger partial charge in [0.2, 0.25) is 5.88 Å². The van der Waals surface area contributed by atoms with Crippen molar-refractivity contribution < 1.29 is 4.74 Å². The van der Waals surface area contributed by atoms with E-state index < -0.39 is 0 Å². The smallest absolute Gasteiger partial charge is 0.216 e. The zero-order valence-corrected chi connectivity index (χ0v) is 12.5. The summed E-state index contributed by atoms with van der Waals surface area (Å²) < 4.78 is 7.32. The number of ether oxygens (including phenoxy) is 1. The van der Waals surface area contributed by atoms with E-state index in [0.717, 1.165) is 36.1 Å². The van der Waals surface area contributed by atoms with Crippen LogP contribution < -0.4 is 10.5 Å². The van der Waals surface area contributed by atoms with Crippen molar-refractivity contribution in [2.75, 3.05) is 26.7 Å². The van der Waals surface area contributed by atoms with E-state index in [2.05, 4.69) is 16.9 Å². The maximum Gasteiger partial charge on any atom is 0.216 e. The average molecular weight is 266 g/mol. The van der Waals surface area contributed by atoms with Crippen molar-refractivity contribution in [2.45, 2.75) is 32.7 Å². The van der Waals surface area contributed by atoms with E-state index in [4.69, 9.17) is 10.5 Å². The summed E-state index contributed by atoms with van der Waals surface area (Å²) in [5, 5.41) is 4.47. The lowest BCUT2D eigenvalue weighted by Crippen LogP contribution is -2.32. The molecule has 2 atom stereocenters. The third-order valence-electron chi connectivity index (χ3n) is 4.30. The SMILES string of the molecule is CCC1CCN(C(CN)c2c(C)nn(C)c2OC)C1. The van der Waals surface area contributed by atoms with Gasteiger partial charge >= 0.3 is 0 Å². The Morgan fingerprint density at radius 1 is 1.53 bits per heavy atom. The van der Waals surface area contributed by atoms with Crippen molar-refractivity contribution in [3.8, 4) is 5.88 Å². The second-order valence-corrected chi connectivity index (χ2v) is 5.44. The van der Waals surface area contributed by atoms with Gasteiger partial charge in [0.25, 0.3) is 0 Å². The molecule has 2 heterocycles. The molecule has 1 aliphatic rings. The third kappa shape index (κ3) is 2.62. The number of aryl methyl sites for hydroxylation is 2. The Bertz CT molecular complexity index is 429. The maximum absolute atomic E-state index is 6.04. The number of nitrogens with two attached hydrogens (primary N) is 1. The fourth-order valence-electron chi connectivity index (χ4n) is 3.21. The summed E-state index contributed by atoms with van der Waals surface area (Å²) in [6, 6.07) is 0.222. The highest BCUT2D eigenvalue weighted by atomic mass is 16.5. The van der Waals surface area contributed by atoms with Crippen molar-refractivity contribution in [1.82, 2.24) is 14.7 Å². The van der Waals surface area contributed by atoms with E-state index in [0.29, 0.717) is 6.54 Å². The Morgan fingerprint density at radius 2 is 2.26 bits per heavy atom. The maximum atomic E-state index is 6.04. The van der Waals surface area contributed by atoms with Gasteiger partial charge in [0, 0.05) is 20.1 Å². The summed E-state index contributed by atoms with van der Waals surface area (Å²) >= 11 is 0. The van der Waals surface area contributed by atoms with E-state index in [9.17, 15) is 0 Å². The van der Waals surface area contributed by atoms with Crippen molar-refractivity contribution in [3.05, 3.63) is 11.3 Å². The molecule has 2 rings (SSSR count). The largest absolute Gasteiger partial charge is 0.481 e. The molecule has 1 aliphatic heterocycles. The molecule has 1 aromatic heterocycles. The highest BCUT2D eigenvalue weighted by Gasteiger charge is 2.32. The van der Waals surface area contributed by atoms with Gasteiger partial charge in [0.1, 0.15) is 0 Å². The molecule has 5 nitrogen and oxygen atoms in total. The zero-order chi connectivity index (χ0) is 14.0. The van der Waals surface area contributed by atoms with Crippen LogP contribution in [0, 0.1) is 12.8 Å². The van der Waals surface area contributed by atoms with Crippen molar-refractivity contribution in [1.29, 1.82) is 0 Å². The minimum absolute atomic E-state index is 0.222. The molecule has 0 spiro atoms. The van der Waals surface area contributed by atoms with Crippen molar-refractivity contribution in [3.63, 3.8) is 0 Å². The quantitative estimate of drug-likeness (QED) is 0.877. The molecular formula is C14H26N4O. The van der Waals surface area contributed by atoms with Crippen LogP contribution >= 0.6 is 0 Å².